The van der Waals surface area contributed by atoms with E-state index in [1.807, 2.05) is 0 Å². The Labute approximate surface area is 146 Å². The molecule has 0 aliphatic rings. The van der Waals surface area contributed by atoms with Crippen molar-refractivity contribution in [3.8, 4) is 5.75 Å². The first kappa shape index (κ1) is 19.0. The van der Waals surface area contributed by atoms with Crippen LogP contribution in [0.2, 0.25) is 0 Å². The number of anilines is 2. The summed E-state index contributed by atoms with van der Waals surface area (Å²) >= 11 is 0. The number of ether oxygens (including phenoxy) is 1. The number of sulfonamides is 2. The van der Waals surface area contributed by atoms with Crippen LogP contribution in [-0.4, -0.2) is 37.2 Å². The summed E-state index contributed by atoms with van der Waals surface area (Å²) in [5.41, 5.74) is 0.454. The molecule has 0 radical (unpaired) electrons. The van der Waals surface area contributed by atoms with Gasteiger partial charge in [-0.25, -0.2) is 21.2 Å². The maximum Gasteiger partial charge on any atom is 0.262 e. The lowest BCUT2D eigenvalue weighted by atomic mass is 10.3. The van der Waals surface area contributed by atoms with Crippen LogP contribution < -0.4 is 13.8 Å². The Morgan fingerprint density at radius 1 is 1.08 bits per heavy atom. The Bertz CT molecular complexity index is 991. The first-order valence-corrected chi connectivity index (χ1v) is 10.3. The van der Waals surface area contributed by atoms with Gasteiger partial charge in [-0.2, -0.15) is 0 Å². The van der Waals surface area contributed by atoms with E-state index in [4.69, 9.17) is 4.74 Å². The normalized spacial score (nSPS) is 11.8. The van der Waals surface area contributed by atoms with Gasteiger partial charge in [-0.05, 0) is 30.3 Å². The quantitative estimate of drug-likeness (QED) is 0.817. The molecule has 0 amide bonds. The second-order valence-corrected chi connectivity index (χ2v) is 8.88. The molecule has 2 aromatic carbocycles. The average molecular weight is 388 g/mol. The third kappa shape index (κ3) is 4.40. The third-order valence-electron chi connectivity index (χ3n) is 3.39. The van der Waals surface area contributed by atoms with Gasteiger partial charge < -0.3 is 4.74 Å². The van der Waals surface area contributed by atoms with Gasteiger partial charge in [0.15, 0.2) is 11.6 Å². The molecule has 25 heavy (non-hydrogen) atoms. The Morgan fingerprint density at radius 2 is 1.76 bits per heavy atom. The van der Waals surface area contributed by atoms with E-state index in [9.17, 15) is 21.2 Å². The van der Waals surface area contributed by atoms with Crippen LogP contribution >= 0.6 is 0 Å². The van der Waals surface area contributed by atoms with Crippen molar-refractivity contribution < 1.29 is 26.0 Å². The molecule has 0 aliphatic carbocycles. The van der Waals surface area contributed by atoms with Gasteiger partial charge in [-0.3, -0.25) is 9.03 Å². The Balaban J connectivity index is 2.36. The van der Waals surface area contributed by atoms with E-state index in [1.165, 1.54) is 38.4 Å². The Kier molecular flexibility index (Phi) is 5.23. The topological polar surface area (TPSA) is 92.8 Å². The standard InChI is InChI=1S/C15H17FN2O5S2/c1-18(24(3,19)20)12-6-4-5-11(9-12)17-25(21,22)13-7-8-14(16)15(10-13)23-2/h4-10,17H,1-3H3. The zero-order chi connectivity index (χ0) is 18.8. The largest absolute Gasteiger partial charge is 0.494 e. The van der Waals surface area contributed by atoms with Crippen molar-refractivity contribution >= 4 is 31.4 Å². The summed E-state index contributed by atoms with van der Waals surface area (Å²) < 4.78 is 69.6. The number of nitrogens with one attached hydrogen (secondary N) is 1. The highest BCUT2D eigenvalue weighted by atomic mass is 32.2. The molecule has 0 bridgehead atoms. The van der Waals surface area contributed by atoms with Crippen molar-refractivity contribution in [3.63, 3.8) is 0 Å². The molecule has 7 nitrogen and oxygen atoms in total. The number of nitrogens with zero attached hydrogens (tertiary/aromatic N) is 1. The lowest BCUT2D eigenvalue weighted by Crippen LogP contribution is -2.24. The fourth-order valence-corrected chi connectivity index (χ4v) is 3.54. The van der Waals surface area contributed by atoms with E-state index < -0.39 is 25.9 Å². The number of methoxy groups -OCH3 is 1. The van der Waals surface area contributed by atoms with Gasteiger partial charge in [0.1, 0.15) is 0 Å². The zero-order valence-electron chi connectivity index (χ0n) is 13.7. The van der Waals surface area contributed by atoms with Crippen molar-refractivity contribution in [2.24, 2.45) is 0 Å². The van der Waals surface area contributed by atoms with Gasteiger partial charge in [0.25, 0.3) is 10.0 Å². The maximum absolute atomic E-state index is 13.4. The first-order valence-electron chi connectivity index (χ1n) is 6.95. The molecule has 0 saturated carbocycles. The fraction of sp³-hybridized carbons (Fsp3) is 0.200. The predicted molar refractivity (Wildman–Crippen MR) is 93.4 cm³/mol. The molecule has 1 N–H and O–H groups in total. The molecule has 0 saturated heterocycles. The smallest absolute Gasteiger partial charge is 0.262 e. The monoisotopic (exact) mass is 388 g/mol. The van der Waals surface area contributed by atoms with Crippen molar-refractivity contribution in [2.75, 3.05) is 29.4 Å². The number of halogens is 1. The van der Waals surface area contributed by atoms with Crippen LogP contribution in [0.1, 0.15) is 0 Å². The predicted octanol–water partition coefficient (Wildman–Crippen LogP) is 2.03. The number of hydrogen-bond acceptors (Lipinski definition) is 5. The van der Waals surface area contributed by atoms with Crippen LogP contribution in [0.4, 0.5) is 15.8 Å². The summed E-state index contributed by atoms with van der Waals surface area (Å²) in [5.74, 6) is -0.883. The van der Waals surface area contributed by atoms with Crippen molar-refractivity contribution in [1.29, 1.82) is 0 Å². The van der Waals surface area contributed by atoms with Crippen LogP contribution in [0.3, 0.4) is 0 Å². The second kappa shape index (κ2) is 6.89. The molecule has 0 heterocycles. The van der Waals surface area contributed by atoms with Gasteiger partial charge in [-0.1, -0.05) is 6.07 Å². The molecule has 0 aliphatic heterocycles. The van der Waals surface area contributed by atoms with E-state index in [0.29, 0.717) is 5.69 Å². The Hall–Kier alpha value is -2.33. The highest BCUT2D eigenvalue weighted by Gasteiger charge is 2.18. The average Bonchev–Trinajstić information content (AvgIpc) is 2.53. The molecule has 0 atom stereocenters. The van der Waals surface area contributed by atoms with Crippen LogP contribution in [0.25, 0.3) is 0 Å². The summed E-state index contributed by atoms with van der Waals surface area (Å²) in [7, 11) is -4.91. The second-order valence-electron chi connectivity index (χ2n) is 5.18. The SMILES string of the molecule is COc1cc(S(=O)(=O)Nc2cccc(N(C)S(C)(=O)=O)c2)ccc1F. The molecule has 10 heteroatoms. The third-order valence-corrected chi connectivity index (χ3v) is 5.98. The summed E-state index contributed by atoms with van der Waals surface area (Å²) in [4.78, 5) is -0.187. The fourth-order valence-electron chi connectivity index (χ4n) is 1.98. The highest BCUT2D eigenvalue weighted by Crippen LogP contribution is 2.25. The summed E-state index contributed by atoms with van der Waals surface area (Å²) in [5, 5.41) is 0. The van der Waals surface area contributed by atoms with Crippen LogP contribution in [0.5, 0.6) is 5.75 Å². The number of hydrogen-bond donors (Lipinski definition) is 1. The number of rotatable bonds is 6. The minimum atomic E-state index is -4.01. The van der Waals surface area contributed by atoms with Crippen molar-refractivity contribution in [1.82, 2.24) is 0 Å². The minimum Gasteiger partial charge on any atom is -0.494 e. The zero-order valence-corrected chi connectivity index (χ0v) is 15.4. The van der Waals surface area contributed by atoms with Crippen LogP contribution in [-0.2, 0) is 20.0 Å². The van der Waals surface area contributed by atoms with E-state index in [-0.39, 0.29) is 16.3 Å². The van der Waals surface area contributed by atoms with E-state index in [0.717, 1.165) is 28.8 Å². The molecular formula is C15H17FN2O5S2. The van der Waals surface area contributed by atoms with E-state index >= 15 is 0 Å². The molecule has 0 spiro atoms. The van der Waals surface area contributed by atoms with Gasteiger partial charge >= 0.3 is 0 Å². The number of benzene rings is 2. The van der Waals surface area contributed by atoms with Crippen molar-refractivity contribution in [3.05, 3.63) is 48.3 Å². The van der Waals surface area contributed by atoms with E-state index in [2.05, 4.69) is 4.72 Å². The molecule has 0 aromatic heterocycles. The van der Waals surface area contributed by atoms with E-state index in [1.54, 1.807) is 0 Å². The molecule has 136 valence electrons. The summed E-state index contributed by atoms with van der Waals surface area (Å²) in [6.45, 7) is 0. The summed E-state index contributed by atoms with van der Waals surface area (Å²) in [6.07, 6.45) is 1.04. The summed E-state index contributed by atoms with van der Waals surface area (Å²) in [6, 6.07) is 9.04. The van der Waals surface area contributed by atoms with Gasteiger partial charge in [0.2, 0.25) is 10.0 Å². The van der Waals surface area contributed by atoms with Crippen LogP contribution in [0.15, 0.2) is 47.4 Å². The van der Waals surface area contributed by atoms with Crippen molar-refractivity contribution in [2.45, 2.75) is 4.90 Å². The molecule has 2 aromatic rings. The Morgan fingerprint density at radius 3 is 2.36 bits per heavy atom. The molecule has 0 unspecified atom stereocenters. The van der Waals surface area contributed by atoms with Crippen LogP contribution in [0, 0.1) is 5.82 Å². The van der Waals surface area contributed by atoms with Gasteiger partial charge in [0.05, 0.1) is 29.6 Å². The first-order chi connectivity index (χ1) is 11.5. The molecular weight excluding hydrogens is 371 g/mol. The lowest BCUT2D eigenvalue weighted by Gasteiger charge is -2.17. The van der Waals surface area contributed by atoms with Gasteiger partial charge in [0, 0.05) is 13.1 Å². The lowest BCUT2D eigenvalue weighted by molar-refractivity contribution is 0.385. The molecule has 0 fully saturated rings. The highest BCUT2D eigenvalue weighted by molar-refractivity contribution is 7.92. The van der Waals surface area contributed by atoms with Gasteiger partial charge in [-0.15, -0.1) is 0 Å². The molecule has 2 rings (SSSR count). The minimum absolute atomic E-state index is 0.163. The maximum atomic E-state index is 13.4.